The number of carbonyl (C=O) groups excluding carboxylic acids is 4. The van der Waals surface area contributed by atoms with Gasteiger partial charge in [-0.05, 0) is 38.0 Å². The van der Waals surface area contributed by atoms with E-state index >= 15 is 0 Å². The average molecular weight is 447 g/mol. The summed E-state index contributed by atoms with van der Waals surface area (Å²) in [5.74, 6) is -0.725. The predicted molar refractivity (Wildman–Crippen MR) is 120 cm³/mol. The van der Waals surface area contributed by atoms with E-state index in [1.165, 1.54) is 24.3 Å². The molecule has 32 heavy (non-hydrogen) atoms. The number of isocyanates is 2. The van der Waals surface area contributed by atoms with E-state index in [4.69, 9.17) is 5.11 Å². The summed E-state index contributed by atoms with van der Waals surface area (Å²) >= 11 is 0. The van der Waals surface area contributed by atoms with E-state index < -0.39 is 5.97 Å². The number of hydrogen-bond acceptors (Lipinski definition) is 9. The van der Waals surface area contributed by atoms with Gasteiger partial charge in [0, 0.05) is 24.7 Å². The van der Waals surface area contributed by atoms with Crippen LogP contribution in [-0.2, 0) is 28.7 Å². The Hall–Kier alpha value is -3.64. The summed E-state index contributed by atoms with van der Waals surface area (Å²) in [6.07, 6.45) is 6.47. The smallest absolute Gasteiger partial charge is 0.333 e. The van der Waals surface area contributed by atoms with Gasteiger partial charge in [-0.15, -0.1) is 0 Å². The molecule has 0 heterocycles. The van der Waals surface area contributed by atoms with E-state index in [9.17, 15) is 19.2 Å². The highest BCUT2D eigenvalue weighted by Gasteiger charge is 2.00. The highest BCUT2D eigenvalue weighted by atomic mass is 16.5. The lowest BCUT2D eigenvalue weighted by Gasteiger charge is -2.00. The van der Waals surface area contributed by atoms with Crippen LogP contribution in [0.5, 0.6) is 0 Å². The van der Waals surface area contributed by atoms with Crippen LogP contribution in [0, 0.1) is 6.92 Å². The number of aliphatic imine (C=N–C) groups is 2. The maximum Gasteiger partial charge on any atom is 0.333 e. The SMILES string of the molecule is C=C(C)C(=O)OCCCO.C=CC(=O)OCCCC.Cc1ccc(N=C=O)cc1N=C=O. The van der Waals surface area contributed by atoms with Crippen molar-refractivity contribution in [1.29, 1.82) is 0 Å². The standard InChI is InChI=1S/C9H6N2O2.C7H12O3.C7H12O2/c1-7-2-3-8(10-5-12)4-9(7)11-6-13;1-6(2)7(9)10-5-3-4-8;1-3-5-6-9-7(8)4-2/h2-4H,1H3;8H,1,3-5H2,2H3;4H,2-3,5-6H2,1H3. The van der Waals surface area contributed by atoms with Crippen LogP contribution in [0.3, 0.4) is 0 Å². The molecule has 0 atom stereocenters. The van der Waals surface area contributed by atoms with E-state index in [0.29, 0.717) is 30.0 Å². The van der Waals surface area contributed by atoms with Crippen molar-refractivity contribution in [2.45, 2.75) is 40.0 Å². The molecule has 0 amide bonds. The second kappa shape index (κ2) is 20.6. The summed E-state index contributed by atoms with van der Waals surface area (Å²) in [5, 5.41) is 8.30. The second-order valence-electron chi connectivity index (χ2n) is 6.10. The van der Waals surface area contributed by atoms with Crippen molar-refractivity contribution in [3.63, 3.8) is 0 Å². The quantitative estimate of drug-likeness (QED) is 0.189. The third-order valence-electron chi connectivity index (χ3n) is 3.33. The van der Waals surface area contributed by atoms with Gasteiger partial charge in [0.15, 0.2) is 0 Å². The molecule has 0 aliphatic heterocycles. The number of esters is 2. The molecule has 9 heteroatoms. The maximum atomic E-state index is 10.6. The van der Waals surface area contributed by atoms with Crippen LogP contribution < -0.4 is 0 Å². The molecular formula is C23H30N2O7. The predicted octanol–water partition coefficient (Wildman–Crippen LogP) is 3.93. The molecule has 0 fully saturated rings. The summed E-state index contributed by atoms with van der Waals surface area (Å²) in [5.41, 5.74) is 2.10. The number of aliphatic hydroxyl groups is 1. The van der Waals surface area contributed by atoms with E-state index in [2.05, 4.69) is 32.6 Å². The summed E-state index contributed by atoms with van der Waals surface area (Å²) in [4.78, 5) is 47.7. The molecule has 1 aromatic rings. The Balaban J connectivity index is 0. The van der Waals surface area contributed by atoms with Crippen LogP contribution in [0.25, 0.3) is 0 Å². The number of rotatable bonds is 10. The Morgan fingerprint density at radius 3 is 2.25 bits per heavy atom. The summed E-state index contributed by atoms with van der Waals surface area (Å²) in [6, 6.07) is 4.88. The van der Waals surface area contributed by atoms with Gasteiger partial charge in [0.25, 0.3) is 0 Å². The number of ether oxygens (including phenoxy) is 2. The average Bonchev–Trinajstić information content (AvgIpc) is 2.77. The number of unbranched alkanes of at least 4 members (excludes halogenated alkanes) is 1. The summed E-state index contributed by atoms with van der Waals surface area (Å²) in [7, 11) is 0. The van der Waals surface area contributed by atoms with Gasteiger partial charge in [0.05, 0.1) is 24.6 Å². The van der Waals surface area contributed by atoms with Gasteiger partial charge in [-0.1, -0.05) is 32.6 Å². The normalized spacial score (nSPS) is 8.62. The zero-order chi connectivity index (χ0) is 24.8. The fourth-order valence-corrected chi connectivity index (χ4v) is 1.62. The number of benzene rings is 1. The van der Waals surface area contributed by atoms with E-state index in [1.54, 1.807) is 26.0 Å². The van der Waals surface area contributed by atoms with Gasteiger partial charge in [0.1, 0.15) is 0 Å². The fourth-order valence-electron chi connectivity index (χ4n) is 1.62. The number of aryl methyl sites for hydroxylation is 1. The van der Waals surface area contributed by atoms with Gasteiger partial charge in [0.2, 0.25) is 12.2 Å². The number of hydrogen-bond donors (Lipinski definition) is 1. The molecule has 0 aromatic heterocycles. The van der Waals surface area contributed by atoms with Crippen molar-refractivity contribution in [2.75, 3.05) is 19.8 Å². The van der Waals surface area contributed by atoms with Crippen molar-refractivity contribution in [2.24, 2.45) is 9.98 Å². The minimum atomic E-state index is -0.395. The third kappa shape index (κ3) is 17.2. The van der Waals surface area contributed by atoms with Crippen molar-refractivity contribution >= 4 is 35.5 Å². The van der Waals surface area contributed by atoms with Gasteiger partial charge in [-0.25, -0.2) is 19.2 Å². The number of carbonyl (C=O) groups is 2. The number of aliphatic hydroxyl groups excluding tert-OH is 1. The van der Waals surface area contributed by atoms with Gasteiger partial charge < -0.3 is 14.6 Å². The molecule has 0 aliphatic carbocycles. The van der Waals surface area contributed by atoms with Crippen LogP contribution in [0.2, 0.25) is 0 Å². The van der Waals surface area contributed by atoms with Crippen LogP contribution in [-0.4, -0.2) is 49.0 Å². The first-order valence-corrected chi connectivity index (χ1v) is 9.76. The molecule has 0 spiro atoms. The van der Waals surface area contributed by atoms with Crippen LogP contribution in [0.4, 0.5) is 11.4 Å². The zero-order valence-electron chi connectivity index (χ0n) is 18.8. The van der Waals surface area contributed by atoms with Crippen molar-refractivity contribution < 1.29 is 33.8 Å². The van der Waals surface area contributed by atoms with Crippen molar-refractivity contribution in [1.82, 2.24) is 0 Å². The van der Waals surface area contributed by atoms with Gasteiger partial charge in [-0.2, -0.15) is 9.98 Å². The molecule has 1 rings (SSSR count). The van der Waals surface area contributed by atoms with Gasteiger partial charge in [-0.3, -0.25) is 0 Å². The molecule has 1 aromatic carbocycles. The molecule has 0 aliphatic rings. The van der Waals surface area contributed by atoms with Crippen molar-refractivity contribution in [3.05, 3.63) is 48.6 Å². The zero-order valence-corrected chi connectivity index (χ0v) is 18.8. The molecule has 174 valence electrons. The summed E-state index contributed by atoms with van der Waals surface area (Å²) in [6.45, 7) is 12.9. The molecular weight excluding hydrogens is 416 g/mol. The molecule has 9 nitrogen and oxygen atoms in total. The largest absolute Gasteiger partial charge is 0.463 e. The molecule has 0 bridgehead atoms. The minimum absolute atomic E-state index is 0.0451. The Kier molecular flexibility index (Phi) is 19.7. The Morgan fingerprint density at radius 2 is 1.75 bits per heavy atom. The number of nitrogens with zero attached hydrogens (tertiary/aromatic N) is 2. The first kappa shape index (κ1) is 30.6. The minimum Gasteiger partial charge on any atom is -0.463 e. The van der Waals surface area contributed by atoms with Crippen LogP contribution >= 0.6 is 0 Å². The molecule has 1 N–H and O–H groups in total. The molecule has 0 saturated carbocycles. The topological polar surface area (TPSA) is 132 Å². The van der Waals surface area contributed by atoms with Crippen LogP contribution in [0.15, 0.2) is 53.0 Å². The molecule has 0 unspecified atom stereocenters. The molecule has 0 radical (unpaired) electrons. The van der Waals surface area contributed by atoms with Gasteiger partial charge >= 0.3 is 11.9 Å². The highest BCUT2D eigenvalue weighted by Crippen LogP contribution is 2.23. The molecule has 0 saturated heterocycles. The first-order valence-electron chi connectivity index (χ1n) is 9.76. The third-order valence-corrected chi connectivity index (χ3v) is 3.33. The van der Waals surface area contributed by atoms with Crippen molar-refractivity contribution in [3.8, 4) is 0 Å². The monoisotopic (exact) mass is 446 g/mol. The Morgan fingerprint density at radius 1 is 1.12 bits per heavy atom. The highest BCUT2D eigenvalue weighted by molar-refractivity contribution is 5.86. The van der Waals surface area contributed by atoms with E-state index in [-0.39, 0.29) is 19.2 Å². The first-order chi connectivity index (χ1) is 15.3. The Bertz CT molecular complexity index is 837. The summed E-state index contributed by atoms with van der Waals surface area (Å²) < 4.78 is 9.32. The maximum absolute atomic E-state index is 10.6. The van der Waals surface area contributed by atoms with E-state index in [1.807, 2.05) is 6.92 Å². The lowest BCUT2D eigenvalue weighted by atomic mass is 10.2. The van der Waals surface area contributed by atoms with Crippen LogP contribution in [0.1, 0.15) is 38.7 Å². The van der Waals surface area contributed by atoms with E-state index in [0.717, 1.165) is 18.4 Å². The lowest BCUT2D eigenvalue weighted by molar-refractivity contribution is -0.139. The fraction of sp³-hybridized carbons (Fsp3) is 0.391. The Labute approximate surface area is 188 Å². The lowest BCUT2D eigenvalue weighted by Crippen LogP contribution is -2.06. The second-order valence-corrected chi connectivity index (χ2v) is 6.10.